The molecular weight excluding hydrogens is 384 g/mol. The van der Waals surface area contributed by atoms with E-state index < -0.39 is 0 Å². The number of benzene rings is 3. The van der Waals surface area contributed by atoms with Gasteiger partial charge in [0.1, 0.15) is 0 Å². The van der Waals surface area contributed by atoms with Gasteiger partial charge in [-0.25, -0.2) is 4.79 Å². The Morgan fingerprint density at radius 1 is 0.903 bits per heavy atom. The summed E-state index contributed by atoms with van der Waals surface area (Å²) in [5, 5.41) is 1.15. The third-order valence-corrected chi connectivity index (χ3v) is 5.75. The molecule has 1 aliphatic heterocycles. The molecule has 0 fully saturated rings. The molecule has 4 heteroatoms. The maximum Gasteiger partial charge on any atom is 0.337 e. The second-order valence-corrected chi connectivity index (χ2v) is 7.89. The van der Waals surface area contributed by atoms with Gasteiger partial charge in [0, 0.05) is 45.6 Å². The van der Waals surface area contributed by atoms with Gasteiger partial charge in [0.25, 0.3) is 0 Å². The first-order chi connectivity index (χ1) is 15.0. The number of rotatable bonds is 3. The Labute approximate surface area is 180 Å². The first-order valence-electron chi connectivity index (χ1n) is 10.2. The molecule has 4 nitrogen and oxygen atoms in total. The minimum Gasteiger partial charge on any atom is -0.465 e. The van der Waals surface area contributed by atoms with Crippen LogP contribution < -0.4 is 0 Å². The van der Waals surface area contributed by atoms with Crippen LogP contribution in [0.1, 0.15) is 38.2 Å². The summed E-state index contributed by atoms with van der Waals surface area (Å²) in [5.74, 6) is -0.341. The van der Waals surface area contributed by atoms with Crippen LogP contribution in [-0.2, 0) is 4.74 Å². The molecule has 152 valence electrons. The lowest BCUT2D eigenvalue weighted by molar-refractivity contribution is 0.0600. The summed E-state index contributed by atoms with van der Waals surface area (Å²) < 4.78 is 4.86. The van der Waals surface area contributed by atoms with E-state index in [2.05, 4.69) is 66.4 Å². The molecule has 0 radical (unpaired) electrons. The summed E-state index contributed by atoms with van der Waals surface area (Å²) in [6.45, 7) is 4.17. The van der Waals surface area contributed by atoms with Crippen molar-refractivity contribution in [2.45, 2.75) is 13.8 Å². The highest BCUT2D eigenvalue weighted by atomic mass is 16.5. The number of carbonyl (C=O) groups is 1. The standard InChI is InChI=1S/C27H22N2O2/c1-16-4-10-20-22(14-28-24(20)12-16)26(18-6-8-19(9-7-18)27(30)31-3)23-15-29-25-13-17(2)5-11-21(23)25/h4-15,28H,1-3H3/b26-23+. The molecule has 1 aromatic heterocycles. The second kappa shape index (κ2) is 7.40. The van der Waals surface area contributed by atoms with Crippen LogP contribution in [0.3, 0.4) is 0 Å². The Balaban J connectivity index is 1.77. The van der Waals surface area contributed by atoms with Crippen LogP contribution in [0.5, 0.6) is 0 Å². The number of allylic oxidation sites excluding steroid dienone is 1. The number of hydrogen-bond donors (Lipinski definition) is 1. The lowest BCUT2D eigenvalue weighted by Crippen LogP contribution is -2.01. The van der Waals surface area contributed by atoms with Crippen LogP contribution >= 0.6 is 0 Å². The molecule has 0 aliphatic carbocycles. The zero-order valence-corrected chi connectivity index (χ0v) is 17.7. The van der Waals surface area contributed by atoms with E-state index in [0.717, 1.165) is 44.4 Å². The number of carbonyl (C=O) groups excluding carboxylic acids is 1. The first-order valence-corrected chi connectivity index (χ1v) is 10.2. The largest absolute Gasteiger partial charge is 0.465 e. The van der Waals surface area contributed by atoms with Gasteiger partial charge in [-0.05, 0) is 54.8 Å². The van der Waals surface area contributed by atoms with E-state index in [0.29, 0.717) is 5.56 Å². The summed E-state index contributed by atoms with van der Waals surface area (Å²) in [4.78, 5) is 20.0. The number of nitrogens with zero attached hydrogens (tertiary/aromatic N) is 1. The number of esters is 1. The van der Waals surface area contributed by atoms with Crippen molar-refractivity contribution in [2.24, 2.45) is 4.99 Å². The molecule has 2 heterocycles. The Bertz CT molecular complexity index is 1390. The number of aryl methyl sites for hydroxylation is 2. The van der Waals surface area contributed by atoms with Crippen molar-refractivity contribution in [3.63, 3.8) is 0 Å². The molecule has 0 saturated carbocycles. The summed E-state index contributed by atoms with van der Waals surface area (Å²) in [6, 6.07) is 20.4. The van der Waals surface area contributed by atoms with Gasteiger partial charge in [0.05, 0.1) is 18.4 Å². The fraction of sp³-hybridized carbons (Fsp3) is 0.111. The van der Waals surface area contributed by atoms with Gasteiger partial charge in [-0.15, -0.1) is 0 Å². The molecule has 3 aromatic carbocycles. The van der Waals surface area contributed by atoms with Gasteiger partial charge < -0.3 is 9.72 Å². The van der Waals surface area contributed by atoms with Gasteiger partial charge in [-0.1, -0.05) is 36.4 Å². The molecule has 0 amide bonds. The highest BCUT2D eigenvalue weighted by Crippen LogP contribution is 2.41. The van der Waals surface area contributed by atoms with Crippen LogP contribution in [0, 0.1) is 13.8 Å². The maximum atomic E-state index is 11.9. The number of aromatic amines is 1. The monoisotopic (exact) mass is 406 g/mol. The van der Waals surface area contributed by atoms with Crippen LogP contribution in [-0.4, -0.2) is 24.3 Å². The summed E-state index contributed by atoms with van der Waals surface area (Å²) in [5.41, 5.74) is 10.4. The molecule has 4 aromatic rings. The fourth-order valence-electron chi connectivity index (χ4n) is 4.17. The molecule has 1 N–H and O–H groups in total. The normalized spacial score (nSPS) is 14.0. The lowest BCUT2D eigenvalue weighted by Gasteiger charge is -2.13. The zero-order chi connectivity index (χ0) is 21.5. The third kappa shape index (κ3) is 3.26. The van der Waals surface area contributed by atoms with Crippen LogP contribution in [0.15, 0.2) is 71.9 Å². The summed E-state index contributed by atoms with van der Waals surface area (Å²) in [6.07, 6.45) is 4.00. The maximum absolute atomic E-state index is 11.9. The number of aromatic nitrogens is 1. The van der Waals surface area contributed by atoms with E-state index in [1.807, 2.05) is 30.5 Å². The molecule has 0 saturated heterocycles. The van der Waals surface area contributed by atoms with E-state index in [1.165, 1.54) is 18.2 Å². The smallest absolute Gasteiger partial charge is 0.337 e. The minimum absolute atomic E-state index is 0.341. The van der Waals surface area contributed by atoms with Crippen molar-refractivity contribution < 1.29 is 9.53 Å². The molecule has 5 rings (SSSR count). The number of fused-ring (bicyclic) bond motifs is 2. The van der Waals surface area contributed by atoms with Gasteiger partial charge in [-0.3, -0.25) is 4.99 Å². The summed E-state index contributed by atoms with van der Waals surface area (Å²) >= 11 is 0. The predicted molar refractivity (Wildman–Crippen MR) is 126 cm³/mol. The van der Waals surface area contributed by atoms with Crippen LogP contribution in [0.25, 0.3) is 22.0 Å². The van der Waals surface area contributed by atoms with Crippen molar-refractivity contribution >= 4 is 39.9 Å². The first kappa shape index (κ1) is 19.1. The van der Waals surface area contributed by atoms with Crippen LogP contribution in [0.2, 0.25) is 0 Å². The van der Waals surface area contributed by atoms with Gasteiger partial charge in [-0.2, -0.15) is 0 Å². The van der Waals surface area contributed by atoms with E-state index >= 15 is 0 Å². The molecule has 31 heavy (non-hydrogen) atoms. The number of H-pyrrole nitrogens is 1. The molecule has 0 atom stereocenters. The van der Waals surface area contributed by atoms with Crippen molar-refractivity contribution in [3.05, 3.63) is 100 Å². The van der Waals surface area contributed by atoms with Crippen molar-refractivity contribution in [1.82, 2.24) is 4.98 Å². The van der Waals surface area contributed by atoms with E-state index in [-0.39, 0.29) is 5.97 Å². The Hall–Kier alpha value is -3.92. The lowest BCUT2D eigenvalue weighted by atomic mass is 9.89. The van der Waals surface area contributed by atoms with Gasteiger partial charge in [0.2, 0.25) is 0 Å². The topological polar surface area (TPSA) is 54.4 Å². The average molecular weight is 406 g/mol. The second-order valence-electron chi connectivity index (χ2n) is 7.89. The molecule has 0 spiro atoms. The third-order valence-electron chi connectivity index (χ3n) is 5.75. The predicted octanol–water partition coefficient (Wildman–Crippen LogP) is 6.25. The Kier molecular flexibility index (Phi) is 4.55. The molecule has 1 aliphatic rings. The number of ether oxygens (including phenoxy) is 1. The Morgan fingerprint density at radius 3 is 2.39 bits per heavy atom. The highest BCUT2D eigenvalue weighted by Gasteiger charge is 2.21. The molecule has 0 bridgehead atoms. The molecular formula is C27H22N2O2. The van der Waals surface area contributed by atoms with Crippen molar-refractivity contribution in [2.75, 3.05) is 7.11 Å². The number of hydrogen-bond acceptors (Lipinski definition) is 3. The fourth-order valence-corrected chi connectivity index (χ4v) is 4.17. The molecule has 0 unspecified atom stereocenters. The van der Waals surface area contributed by atoms with Crippen molar-refractivity contribution in [1.29, 1.82) is 0 Å². The van der Waals surface area contributed by atoms with Gasteiger partial charge >= 0.3 is 5.97 Å². The van der Waals surface area contributed by atoms with E-state index in [1.54, 1.807) is 0 Å². The number of methoxy groups -OCH3 is 1. The number of aliphatic imine (C=N–C) groups is 1. The van der Waals surface area contributed by atoms with E-state index in [9.17, 15) is 4.79 Å². The average Bonchev–Trinajstić information content (AvgIpc) is 3.38. The van der Waals surface area contributed by atoms with Crippen molar-refractivity contribution in [3.8, 4) is 0 Å². The highest BCUT2D eigenvalue weighted by molar-refractivity contribution is 6.27. The van der Waals surface area contributed by atoms with Gasteiger partial charge in [0.15, 0.2) is 0 Å². The Morgan fingerprint density at radius 2 is 1.61 bits per heavy atom. The minimum atomic E-state index is -0.341. The number of nitrogens with one attached hydrogen (secondary N) is 1. The van der Waals surface area contributed by atoms with Crippen LogP contribution in [0.4, 0.5) is 5.69 Å². The summed E-state index contributed by atoms with van der Waals surface area (Å²) in [7, 11) is 1.39. The zero-order valence-electron chi connectivity index (χ0n) is 17.7. The van der Waals surface area contributed by atoms with E-state index in [4.69, 9.17) is 4.74 Å². The quantitative estimate of drug-likeness (QED) is 0.409. The SMILES string of the molecule is COC(=O)c1ccc(/C(=C2/C=Nc3cc(C)ccc32)c2c[nH]c3cc(C)ccc23)cc1.